The number of hydrogen-bond acceptors (Lipinski definition) is 7. The summed E-state index contributed by atoms with van der Waals surface area (Å²) in [5, 5.41) is 17.6. The Morgan fingerprint density at radius 2 is 1.84 bits per heavy atom. The van der Waals surface area contributed by atoms with Crippen LogP contribution in [0.2, 0.25) is 0 Å². The highest BCUT2D eigenvalue weighted by Gasteiger charge is 2.34. The van der Waals surface area contributed by atoms with E-state index < -0.39 is 30.4 Å². The van der Waals surface area contributed by atoms with Crippen LogP contribution in [0.1, 0.15) is 65.3 Å². The maximum Gasteiger partial charge on any atom is 0.406 e. The van der Waals surface area contributed by atoms with E-state index in [0.717, 1.165) is 62.2 Å². The third-order valence-electron chi connectivity index (χ3n) is 9.33. The summed E-state index contributed by atoms with van der Waals surface area (Å²) in [6.07, 6.45) is 1.04. The molecule has 14 heteroatoms. The van der Waals surface area contributed by atoms with Gasteiger partial charge in [0.25, 0.3) is 11.8 Å². The van der Waals surface area contributed by atoms with Crippen LogP contribution in [0.25, 0.3) is 11.0 Å². The van der Waals surface area contributed by atoms with Gasteiger partial charge in [0.15, 0.2) is 0 Å². The Balaban J connectivity index is 1.33. The number of piperidine rings is 1. The fourth-order valence-electron chi connectivity index (χ4n) is 6.72. The molecule has 260 valence electrons. The zero-order valence-electron chi connectivity index (χ0n) is 27.6. The lowest BCUT2D eigenvalue weighted by atomic mass is 9.84. The van der Waals surface area contributed by atoms with Crippen molar-refractivity contribution in [2.24, 2.45) is 11.8 Å². The van der Waals surface area contributed by atoms with Crippen molar-refractivity contribution in [3.63, 3.8) is 0 Å². The molecule has 1 aliphatic carbocycles. The summed E-state index contributed by atoms with van der Waals surface area (Å²) in [6.45, 7) is 2.38. The molecule has 0 spiro atoms. The van der Waals surface area contributed by atoms with Crippen LogP contribution in [0.5, 0.6) is 5.75 Å². The number of nitriles is 1. The van der Waals surface area contributed by atoms with Crippen molar-refractivity contribution >= 4 is 28.5 Å². The first kappa shape index (κ1) is 35.5. The number of aromatic nitrogens is 2. The fourth-order valence-corrected chi connectivity index (χ4v) is 6.72. The number of anilines is 1. The Hall–Kier alpha value is -4.82. The first-order chi connectivity index (χ1) is 23.4. The second-order valence-corrected chi connectivity index (χ2v) is 12.6. The fraction of sp³-hybridized carbons (Fsp3) is 0.486. The first-order valence-corrected chi connectivity index (χ1v) is 16.2. The van der Waals surface area contributed by atoms with Gasteiger partial charge in [0.1, 0.15) is 23.6 Å². The number of nitrogens with one attached hydrogen (secondary N) is 3. The normalized spacial score (nSPS) is 21.3. The summed E-state index contributed by atoms with van der Waals surface area (Å²) in [7, 11) is 2.75. The molecule has 3 aromatic rings. The second-order valence-electron chi connectivity index (χ2n) is 12.6. The molecule has 1 aromatic heterocycles. The van der Waals surface area contributed by atoms with Gasteiger partial charge in [-0.2, -0.15) is 18.4 Å². The number of ether oxygens (including phenoxy) is 1. The second kappa shape index (κ2) is 15.2. The van der Waals surface area contributed by atoms with E-state index in [1.165, 1.54) is 32.4 Å². The minimum atomic E-state index is -4.51. The van der Waals surface area contributed by atoms with Gasteiger partial charge in [-0.25, -0.2) is 9.37 Å². The molecule has 2 fully saturated rings. The molecule has 2 amide bonds. The summed E-state index contributed by atoms with van der Waals surface area (Å²) >= 11 is 0. The number of fused-ring (bicyclic) bond motifs is 1. The van der Waals surface area contributed by atoms with E-state index >= 15 is 0 Å². The summed E-state index contributed by atoms with van der Waals surface area (Å²) in [4.78, 5) is 32.3. The molecule has 0 bridgehead atoms. The van der Waals surface area contributed by atoms with Crippen LogP contribution in [0, 0.1) is 40.8 Å². The highest BCUT2D eigenvalue weighted by Crippen LogP contribution is 2.31. The lowest BCUT2D eigenvalue weighted by Crippen LogP contribution is -2.53. The predicted octanol–water partition coefficient (Wildman–Crippen LogP) is 5.09. The minimum Gasteiger partial charge on any atom is -0.495 e. The highest BCUT2D eigenvalue weighted by atomic mass is 19.4. The van der Waals surface area contributed by atoms with Crippen LogP contribution in [0.4, 0.5) is 23.2 Å². The number of carbonyl (C=O) groups is 2. The highest BCUT2D eigenvalue weighted by molar-refractivity contribution is 6.05. The largest absolute Gasteiger partial charge is 0.495 e. The number of carbonyl (C=O) groups excluding carboxylic acids is 2. The molecule has 3 N–H and O–H groups in total. The number of likely N-dealkylation sites (tertiary alicyclic amines) is 1. The Morgan fingerprint density at radius 3 is 2.49 bits per heavy atom. The SMILES string of the molecule is CNC(=O)c1cc(OC)c(NCC#Cc2cc(C(=O)N[C@H]3CCN(C4CCC(C#N)CC4)C[C@@H]3C)c3ncn(CC(F)(F)F)c3c2)cc1F. The third-order valence-corrected chi connectivity index (χ3v) is 9.33. The van der Waals surface area contributed by atoms with Crippen LogP contribution in [-0.2, 0) is 6.54 Å². The lowest BCUT2D eigenvalue weighted by molar-refractivity contribution is -0.140. The monoisotopic (exact) mass is 681 g/mol. The molecule has 2 aliphatic rings. The number of imidazole rings is 1. The van der Waals surface area contributed by atoms with Crippen molar-refractivity contribution in [1.82, 2.24) is 25.1 Å². The van der Waals surface area contributed by atoms with Gasteiger partial charge in [-0.05, 0) is 56.2 Å². The average Bonchev–Trinajstić information content (AvgIpc) is 3.47. The summed E-state index contributed by atoms with van der Waals surface area (Å²) in [6, 6.07) is 8.00. The van der Waals surface area contributed by atoms with Crippen molar-refractivity contribution < 1.29 is 31.9 Å². The molecule has 49 heavy (non-hydrogen) atoms. The molecule has 1 aliphatic heterocycles. The number of methoxy groups -OCH3 is 1. The molecule has 2 aromatic carbocycles. The minimum absolute atomic E-state index is 0.00917. The molecular weight excluding hydrogens is 642 g/mol. The van der Waals surface area contributed by atoms with Gasteiger partial charge in [-0.1, -0.05) is 18.8 Å². The molecule has 2 atom stereocenters. The van der Waals surface area contributed by atoms with E-state index in [1.54, 1.807) is 0 Å². The van der Waals surface area contributed by atoms with Crippen LogP contribution in [-0.4, -0.2) is 78.3 Å². The van der Waals surface area contributed by atoms with Crippen molar-refractivity contribution in [2.75, 3.05) is 39.1 Å². The van der Waals surface area contributed by atoms with Gasteiger partial charge in [0.05, 0.1) is 48.4 Å². The van der Waals surface area contributed by atoms with Crippen molar-refractivity contribution in [3.05, 3.63) is 53.1 Å². The first-order valence-electron chi connectivity index (χ1n) is 16.2. The van der Waals surface area contributed by atoms with E-state index in [1.807, 2.05) is 0 Å². The summed E-state index contributed by atoms with van der Waals surface area (Å²) in [5.74, 6) is 4.40. The summed E-state index contributed by atoms with van der Waals surface area (Å²) in [5.41, 5.74) is 0.731. The summed E-state index contributed by atoms with van der Waals surface area (Å²) < 4.78 is 61.0. The van der Waals surface area contributed by atoms with Crippen molar-refractivity contribution in [3.8, 4) is 23.7 Å². The van der Waals surface area contributed by atoms with Gasteiger partial charge in [0, 0.05) is 49.8 Å². The van der Waals surface area contributed by atoms with E-state index in [-0.39, 0.29) is 58.0 Å². The zero-order chi connectivity index (χ0) is 35.3. The number of alkyl halides is 3. The Morgan fingerprint density at radius 1 is 1.08 bits per heavy atom. The number of benzene rings is 2. The Bertz CT molecular complexity index is 1800. The smallest absolute Gasteiger partial charge is 0.406 e. The van der Waals surface area contributed by atoms with Gasteiger partial charge in [-0.15, -0.1) is 0 Å². The molecule has 2 heterocycles. The van der Waals surface area contributed by atoms with E-state index in [9.17, 15) is 32.4 Å². The molecule has 10 nitrogen and oxygen atoms in total. The molecule has 0 unspecified atom stereocenters. The Kier molecular flexibility index (Phi) is 11.0. The average molecular weight is 682 g/mol. The van der Waals surface area contributed by atoms with Gasteiger partial charge in [-0.3, -0.25) is 14.5 Å². The number of hydrogen-bond donors (Lipinski definition) is 3. The van der Waals surface area contributed by atoms with Crippen LogP contribution < -0.4 is 20.7 Å². The zero-order valence-corrected chi connectivity index (χ0v) is 27.6. The van der Waals surface area contributed by atoms with Crippen molar-refractivity contribution in [1.29, 1.82) is 5.26 Å². The van der Waals surface area contributed by atoms with Gasteiger partial charge < -0.3 is 25.3 Å². The molecule has 1 saturated carbocycles. The maximum absolute atomic E-state index is 14.6. The quantitative estimate of drug-likeness (QED) is 0.224. The molecule has 1 saturated heterocycles. The third kappa shape index (κ3) is 8.43. The standard InChI is InChI=1S/C35H39F4N7O3/c1-21-18-45(24-8-6-22(17-40)7-9-24)12-10-28(21)44-34(48)26-13-23(14-30-32(26)43-20-46(30)19-35(37,38)39)5-4-11-42-29-16-27(36)25(33(47)41-2)15-31(29)49-3/h13-16,20-22,24,28,42H,6-12,18-19H2,1-3H3,(H,41,47)(H,44,48)/t21-,22?,24?,28-/m0/s1. The van der Waals surface area contributed by atoms with Gasteiger partial charge >= 0.3 is 6.18 Å². The number of nitrogens with zero attached hydrogens (tertiary/aromatic N) is 4. The number of halogens is 4. The van der Waals surface area contributed by atoms with E-state index in [2.05, 4.69) is 50.7 Å². The van der Waals surface area contributed by atoms with Crippen LogP contribution >= 0.6 is 0 Å². The predicted molar refractivity (Wildman–Crippen MR) is 175 cm³/mol. The molecule has 0 radical (unpaired) electrons. The lowest BCUT2D eigenvalue weighted by Gasteiger charge is -2.43. The number of amides is 2. The van der Waals surface area contributed by atoms with Crippen molar-refractivity contribution in [2.45, 2.75) is 63.8 Å². The number of rotatable bonds is 8. The molecular formula is C35H39F4N7O3. The van der Waals surface area contributed by atoms with Crippen LogP contribution in [0.3, 0.4) is 0 Å². The van der Waals surface area contributed by atoms with Gasteiger partial charge in [0.2, 0.25) is 0 Å². The topological polar surface area (TPSA) is 124 Å². The van der Waals surface area contributed by atoms with Crippen LogP contribution in [0.15, 0.2) is 30.6 Å². The van der Waals surface area contributed by atoms with E-state index in [4.69, 9.17) is 4.74 Å². The molecule has 5 rings (SSSR count). The van der Waals surface area contributed by atoms with E-state index in [0.29, 0.717) is 11.6 Å². The Labute approximate surface area is 282 Å². The maximum atomic E-state index is 14.6.